The lowest BCUT2D eigenvalue weighted by molar-refractivity contribution is 0.863. The predicted molar refractivity (Wildman–Crippen MR) is 246 cm³/mol. The maximum atomic E-state index is 5.60. The Kier molecular flexibility index (Phi) is 11.4. The standard InChI is InChI=1S/C56H48N2/c1-40-25-35-52(42(3)37-40)56(57-55(48-21-13-7-14-22-48)49-23-15-8-16-24-49)50-29-27-44(28-30-50)45-31-33-51(34-32-45)58(54-36-26-41(2)38-43(54)4)39-53(46-17-9-5-10-18-46)47-19-11-6-12-20-47/h5-39,56H,1-4H3. The van der Waals surface area contributed by atoms with E-state index in [4.69, 9.17) is 4.99 Å². The molecule has 0 amide bonds. The van der Waals surface area contributed by atoms with Crippen LogP contribution in [0.15, 0.2) is 217 Å². The fourth-order valence-corrected chi connectivity index (χ4v) is 7.80. The van der Waals surface area contributed by atoms with Gasteiger partial charge in [0.2, 0.25) is 0 Å². The van der Waals surface area contributed by atoms with Crippen LogP contribution in [0.25, 0.3) is 16.7 Å². The molecule has 0 N–H and O–H groups in total. The molecule has 0 saturated heterocycles. The molecule has 0 aliphatic rings. The summed E-state index contributed by atoms with van der Waals surface area (Å²) in [5, 5.41) is 0. The highest BCUT2D eigenvalue weighted by Crippen LogP contribution is 2.36. The van der Waals surface area contributed by atoms with E-state index in [9.17, 15) is 0 Å². The molecule has 0 fully saturated rings. The topological polar surface area (TPSA) is 15.6 Å². The third kappa shape index (κ3) is 8.53. The van der Waals surface area contributed by atoms with Gasteiger partial charge in [-0.1, -0.05) is 199 Å². The molecule has 2 nitrogen and oxygen atoms in total. The molecule has 0 aromatic heterocycles. The van der Waals surface area contributed by atoms with Crippen LogP contribution < -0.4 is 4.90 Å². The second kappa shape index (κ2) is 17.4. The monoisotopic (exact) mass is 748 g/mol. The van der Waals surface area contributed by atoms with Gasteiger partial charge in [0.15, 0.2) is 0 Å². The minimum atomic E-state index is -0.186. The molecule has 1 unspecified atom stereocenters. The molecular formula is C56H48N2. The van der Waals surface area contributed by atoms with E-state index in [1.807, 2.05) is 0 Å². The molecule has 0 bridgehead atoms. The zero-order valence-corrected chi connectivity index (χ0v) is 33.7. The van der Waals surface area contributed by atoms with Gasteiger partial charge in [0.25, 0.3) is 0 Å². The van der Waals surface area contributed by atoms with Gasteiger partial charge in [-0.15, -0.1) is 0 Å². The summed E-state index contributed by atoms with van der Waals surface area (Å²) in [6.07, 6.45) is 2.29. The van der Waals surface area contributed by atoms with Gasteiger partial charge in [0, 0.05) is 34.3 Å². The number of hydrogen-bond acceptors (Lipinski definition) is 2. The van der Waals surface area contributed by atoms with Crippen LogP contribution in [-0.2, 0) is 0 Å². The van der Waals surface area contributed by atoms with Crippen molar-refractivity contribution in [3.8, 4) is 11.1 Å². The Labute approximate surface area is 344 Å². The van der Waals surface area contributed by atoms with Crippen molar-refractivity contribution in [3.63, 3.8) is 0 Å². The third-order valence-electron chi connectivity index (χ3n) is 10.8. The lowest BCUT2D eigenvalue weighted by Gasteiger charge is -2.25. The Morgan fingerprint density at radius 1 is 0.448 bits per heavy atom. The van der Waals surface area contributed by atoms with Crippen LogP contribution in [-0.4, -0.2) is 5.71 Å². The number of aryl methyl sites for hydroxylation is 4. The van der Waals surface area contributed by atoms with Gasteiger partial charge < -0.3 is 4.90 Å². The zero-order valence-electron chi connectivity index (χ0n) is 33.7. The van der Waals surface area contributed by atoms with Crippen LogP contribution in [0.3, 0.4) is 0 Å². The highest BCUT2D eigenvalue weighted by Gasteiger charge is 2.19. The van der Waals surface area contributed by atoms with Crippen molar-refractivity contribution >= 4 is 22.7 Å². The summed E-state index contributed by atoms with van der Waals surface area (Å²) < 4.78 is 0. The van der Waals surface area contributed by atoms with Crippen molar-refractivity contribution < 1.29 is 0 Å². The van der Waals surface area contributed by atoms with E-state index < -0.39 is 0 Å². The zero-order chi connectivity index (χ0) is 39.8. The number of anilines is 2. The summed E-state index contributed by atoms with van der Waals surface area (Å²) in [4.78, 5) is 7.93. The molecule has 0 saturated carbocycles. The Balaban J connectivity index is 1.18. The molecule has 0 heterocycles. The average Bonchev–Trinajstić information content (AvgIpc) is 3.27. The molecule has 8 aromatic carbocycles. The first kappa shape index (κ1) is 37.9. The Hall–Kier alpha value is -7.03. The maximum Gasteiger partial charge on any atom is 0.101 e. The summed E-state index contributed by atoms with van der Waals surface area (Å²) in [6.45, 7) is 8.70. The quantitative estimate of drug-likeness (QED) is 0.120. The van der Waals surface area contributed by atoms with Gasteiger partial charge in [-0.05, 0) is 90.4 Å². The summed E-state index contributed by atoms with van der Waals surface area (Å²) in [5.74, 6) is 0. The minimum absolute atomic E-state index is 0.186. The van der Waals surface area contributed by atoms with E-state index in [2.05, 4.69) is 245 Å². The second-order valence-electron chi connectivity index (χ2n) is 15.1. The molecule has 0 radical (unpaired) electrons. The Morgan fingerprint density at radius 3 is 1.38 bits per heavy atom. The Morgan fingerprint density at radius 2 is 0.897 bits per heavy atom. The second-order valence-corrected chi connectivity index (χ2v) is 15.1. The van der Waals surface area contributed by atoms with Crippen molar-refractivity contribution in [2.75, 3.05) is 4.90 Å². The number of hydrogen-bond donors (Lipinski definition) is 0. The van der Waals surface area contributed by atoms with E-state index in [-0.39, 0.29) is 6.04 Å². The van der Waals surface area contributed by atoms with Crippen molar-refractivity contribution in [1.29, 1.82) is 0 Å². The third-order valence-corrected chi connectivity index (χ3v) is 10.8. The van der Waals surface area contributed by atoms with Crippen molar-refractivity contribution in [2.24, 2.45) is 4.99 Å². The number of aliphatic imine (C=N–C) groups is 1. The van der Waals surface area contributed by atoms with Gasteiger partial charge in [0.05, 0.1) is 5.71 Å². The number of rotatable bonds is 11. The number of nitrogens with zero attached hydrogens (tertiary/aromatic N) is 2. The van der Waals surface area contributed by atoms with Gasteiger partial charge in [0.1, 0.15) is 6.04 Å². The van der Waals surface area contributed by atoms with E-state index in [0.29, 0.717) is 0 Å². The summed E-state index contributed by atoms with van der Waals surface area (Å²) in [5.41, 5.74) is 18.6. The van der Waals surface area contributed by atoms with Crippen LogP contribution in [0.4, 0.5) is 11.4 Å². The molecule has 0 aliphatic carbocycles. The Bertz CT molecular complexity index is 2390. The van der Waals surface area contributed by atoms with Gasteiger partial charge in [-0.2, -0.15) is 0 Å². The molecular weight excluding hydrogens is 701 g/mol. The van der Waals surface area contributed by atoms with Crippen LogP contribution in [0.2, 0.25) is 0 Å². The summed E-state index contributed by atoms with van der Waals surface area (Å²) in [6, 6.07) is 73.5. The normalized spacial score (nSPS) is 11.4. The highest BCUT2D eigenvalue weighted by molar-refractivity contribution is 6.13. The first-order valence-corrected chi connectivity index (χ1v) is 20.1. The van der Waals surface area contributed by atoms with E-state index >= 15 is 0 Å². The summed E-state index contributed by atoms with van der Waals surface area (Å²) in [7, 11) is 0. The fourth-order valence-electron chi connectivity index (χ4n) is 7.80. The summed E-state index contributed by atoms with van der Waals surface area (Å²) >= 11 is 0. The van der Waals surface area contributed by atoms with E-state index in [1.54, 1.807) is 0 Å². The smallest absolute Gasteiger partial charge is 0.101 e. The largest absolute Gasteiger partial charge is 0.316 e. The van der Waals surface area contributed by atoms with E-state index in [1.165, 1.54) is 38.9 Å². The van der Waals surface area contributed by atoms with E-state index in [0.717, 1.165) is 50.5 Å². The first-order valence-electron chi connectivity index (χ1n) is 20.1. The lowest BCUT2D eigenvalue weighted by atomic mass is 9.92. The SMILES string of the molecule is Cc1ccc(C(N=C(c2ccccc2)c2ccccc2)c2ccc(-c3ccc(N(C=C(c4ccccc4)c4ccccc4)c4ccc(C)cc4C)cc3)cc2)c(C)c1. The van der Waals surface area contributed by atoms with Crippen LogP contribution in [0.1, 0.15) is 61.7 Å². The molecule has 58 heavy (non-hydrogen) atoms. The fraction of sp³-hybridized carbons (Fsp3) is 0.0893. The molecule has 1 atom stereocenters. The molecule has 8 rings (SSSR count). The van der Waals surface area contributed by atoms with Crippen molar-refractivity contribution in [2.45, 2.75) is 33.7 Å². The van der Waals surface area contributed by atoms with Crippen LogP contribution >= 0.6 is 0 Å². The van der Waals surface area contributed by atoms with Crippen LogP contribution in [0.5, 0.6) is 0 Å². The predicted octanol–water partition coefficient (Wildman–Crippen LogP) is 14.4. The van der Waals surface area contributed by atoms with Crippen molar-refractivity contribution in [1.82, 2.24) is 0 Å². The van der Waals surface area contributed by atoms with Gasteiger partial charge >= 0.3 is 0 Å². The molecule has 8 aromatic rings. The van der Waals surface area contributed by atoms with Gasteiger partial charge in [-0.25, -0.2) is 0 Å². The molecule has 0 spiro atoms. The highest BCUT2D eigenvalue weighted by atomic mass is 15.1. The lowest BCUT2D eigenvalue weighted by Crippen LogP contribution is -2.12. The molecule has 282 valence electrons. The van der Waals surface area contributed by atoms with Crippen LogP contribution in [0, 0.1) is 27.7 Å². The molecule has 0 aliphatic heterocycles. The maximum absolute atomic E-state index is 5.60. The first-order chi connectivity index (χ1) is 28.4. The van der Waals surface area contributed by atoms with Crippen molar-refractivity contribution in [3.05, 3.63) is 268 Å². The number of benzene rings is 8. The van der Waals surface area contributed by atoms with Gasteiger partial charge in [-0.3, -0.25) is 4.99 Å². The minimum Gasteiger partial charge on any atom is -0.316 e. The average molecular weight is 749 g/mol. The molecule has 2 heteroatoms.